The summed E-state index contributed by atoms with van der Waals surface area (Å²) < 4.78 is 0. The normalized spacial score (nSPS) is 20.1. The Morgan fingerprint density at radius 2 is 1.00 bits per heavy atom. The molecule has 3 heteroatoms. The van der Waals surface area contributed by atoms with E-state index >= 15 is 0 Å². The molecule has 4 rings (SSSR count). The van der Waals surface area contributed by atoms with Gasteiger partial charge in [-0.15, -0.1) is 0 Å². The maximum Gasteiger partial charge on any atom is 2.00 e. The van der Waals surface area contributed by atoms with Crippen molar-refractivity contribution in [1.29, 1.82) is 0 Å². The van der Waals surface area contributed by atoms with Gasteiger partial charge < -0.3 is 11.5 Å². The standard InChI is InChI=1S/2C9H8N.Zn/c2*10-9-6-5-7-3-1-2-4-8(7)9;/h2*1-6,9-10H;/q2*-1;+2. The van der Waals surface area contributed by atoms with Crippen molar-refractivity contribution in [3.05, 3.63) is 94.4 Å². The summed E-state index contributed by atoms with van der Waals surface area (Å²) in [6.45, 7) is 0. The molecule has 0 amide bonds. The summed E-state index contributed by atoms with van der Waals surface area (Å²) >= 11 is 0. The van der Waals surface area contributed by atoms with Crippen LogP contribution in [0.3, 0.4) is 0 Å². The first-order chi connectivity index (χ1) is 9.75. The molecule has 0 saturated carbocycles. The minimum atomic E-state index is -0.129. The minimum Gasteiger partial charge on any atom is -0.667 e. The molecular formula is C18H16N2Zn. The monoisotopic (exact) mass is 324 g/mol. The van der Waals surface area contributed by atoms with E-state index in [0.717, 1.165) is 11.1 Å². The topological polar surface area (TPSA) is 47.6 Å². The summed E-state index contributed by atoms with van der Waals surface area (Å²) in [5.41, 5.74) is 19.7. The summed E-state index contributed by atoms with van der Waals surface area (Å²) in [4.78, 5) is 0. The summed E-state index contributed by atoms with van der Waals surface area (Å²) in [7, 11) is 0. The van der Waals surface area contributed by atoms with E-state index in [-0.39, 0.29) is 31.6 Å². The molecular weight excluding hydrogens is 310 g/mol. The molecule has 0 spiro atoms. The summed E-state index contributed by atoms with van der Waals surface area (Å²) in [6, 6.07) is 15.8. The van der Waals surface area contributed by atoms with E-state index in [0.29, 0.717) is 0 Å². The SMILES string of the molecule is [NH-]C1C=Cc2ccccc21.[NH-]C1C=Cc2ccccc21.[Zn+2]. The maximum absolute atomic E-state index is 7.53. The summed E-state index contributed by atoms with van der Waals surface area (Å²) in [5, 5.41) is 0. The summed E-state index contributed by atoms with van der Waals surface area (Å²) in [6.07, 6.45) is 7.83. The molecule has 0 radical (unpaired) electrons. The number of nitrogens with one attached hydrogen (secondary N) is 2. The van der Waals surface area contributed by atoms with Gasteiger partial charge in [0, 0.05) is 0 Å². The van der Waals surface area contributed by atoms with Gasteiger partial charge in [0.2, 0.25) is 0 Å². The zero-order valence-electron chi connectivity index (χ0n) is 11.8. The molecule has 2 aliphatic rings. The first-order valence-corrected chi connectivity index (χ1v) is 6.72. The van der Waals surface area contributed by atoms with Crippen molar-refractivity contribution in [2.75, 3.05) is 0 Å². The van der Waals surface area contributed by atoms with Gasteiger partial charge in [0.1, 0.15) is 0 Å². The number of fused-ring (bicyclic) bond motifs is 2. The molecule has 0 bridgehead atoms. The molecule has 0 saturated heterocycles. The zero-order valence-corrected chi connectivity index (χ0v) is 14.8. The van der Waals surface area contributed by atoms with Crippen LogP contribution in [0.15, 0.2) is 60.7 Å². The number of hydrogen-bond acceptors (Lipinski definition) is 0. The van der Waals surface area contributed by atoms with E-state index < -0.39 is 0 Å². The number of rotatable bonds is 0. The van der Waals surface area contributed by atoms with Crippen molar-refractivity contribution < 1.29 is 19.5 Å². The van der Waals surface area contributed by atoms with Crippen molar-refractivity contribution in [2.24, 2.45) is 0 Å². The van der Waals surface area contributed by atoms with E-state index in [1.54, 1.807) is 0 Å². The first kappa shape index (κ1) is 15.8. The molecule has 2 aliphatic carbocycles. The molecule has 2 N–H and O–H groups in total. The Bertz CT molecular complexity index is 617. The van der Waals surface area contributed by atoms with Gasteiger partial charge in [0.05, 0.1) is 0 Å². The van der Waals surface area contributed by atoms with Crippen LogP contribution in [0.5, 0.6) is 0 Å². The molecule has 2 unspecified atom stereocenters. The van der Waals surface area contributed by atoms with E-state index in [1.807, 2.05) is 72.8 Å². The van der Waals surface area contributed by atoms with E-state index in [1.165, 1.54) is 11.1 Å². The molecule has 2 aromatic carbocycles. The Hall–Kier alpha value is -1.54. The third kappa shape index (κ3) is 3.38. The first-order valence-electron chi connectivity index (χ1n) is 6.72. The van der Waals surface area contributed by atoms with Gasteiger partial charge in [0.25, 0.3) is 0 Å². The predicted octanol–water partition coefficient (Wildman–Crippen LogP) is 5.61. The van der Waals surface area contributed by atoms with Crippen molar-refractivity contribution in [3.8, 4) is 0 Å². The fourth-order valence-corrected chi connectivity index (χ4v) is 2.50. The van der Waals surface area contributed by atoms with Crippen LogP contribution in [0.25, 0.3) is 23.6 Å². The van der Waals surface area contributed by atoms with Gasteiger partial charge in [-0.3, -0.25) is 0 Å². The average molecular weight is 326 g/mol. The number of benzene rings is 2. The fourth-order valence-electron chi connectivity index (χ4n) is 2.50. The smallest absolute Gasteiger partial charge is 0.667 e. The van der Waals surface area contributed by atoms with Crippen LogP contribution in [0, 0.1) is 0 Å². The maximum atomic E-state index is 7.53. The zero-order chi connectivity index (χ0) is 13.9. The third-order valence-corrected chi connectivity index (χ3v) is 3.60. The van der Waals surface area contributed by atoms with E-state index in [4.69, 9.17) is 11.5 Å². The van der Waals surface area contributed by atoms with E-state index in [9.17, 15) is 0 Å². The van der Waals surface area contributed by atoms with Crippen molar-refractivity contribution >= 4 is 12.2 Å². The van der Waals surface area contributed by atoms with Gasteiger partial charge in [-0.2, -0.15) is 0 Å². The quantitative estimate of drug-likeness (QED) is 0.565. The van der Waals surface area contributed by atoms with Crippen LogP contribution in [0.1, 0.15) is 34.3 Å². The Morgan fingerprint density at radius 1 is 0.619 bits per heavy atom. The van der Waals surface area contributed by atoms with Gasteiger partial charge in [0.15, 0.2) is 0 Å². The summed E-state index contributed by atoms with van der Waals surface area (Å²) in [5.74, 6) is 0. The average Bonchev–Trinajstić information content (AvgIpc) is 3.05. The van der Waals surface area contributed by atoms with Crippen molar-refractivity contribution in [2.45, 2.75) is 12.1 Å². The van der Waals surface area contributed by atoms with Gasteiger partial charge >= 0.3 is 19.5 Å². The fraction of sp³-hybridized carbons (Fsp3) is 0.111. The Labute approximate surface area is 138 Å². The molecule has 0 aliphatic heterocycles. The van der Waals surface area contributed by atoms with E-state index in [2.05, 4.69) is 0 Å². The molecule has 0 heterocycles. The Balaban J connectivity index is 0.000000147. The van der Waals surface area contributed by atoms with Gasteiger partial charge in [-0.1, -0.05) is 96.0 Å². The Kier molecular flexibility index (Phi) is 5.24. The molecule has 2 aromatic rings. The van der Waals surface area contributed by atoms with Crippen LogP contribution in [-0.4, -0.2) is 0 Å². The second kappa shape index (κ2) is 6.95. The molecule has 2 nitrogen and oxygen atoms in total. The second-order valence-corrected chi connectivity index (χ2v) is 4.93. The molecule has 0 fully saturated rings. The molecule has 2 atom stereocenters. The minimum absolute atomic E-state index is 0. The van der Waals surface area contributed by atoms with Crippen LogP contribution in [0.2, 0.25) is 0 Å². The number of hydrogen-bond donors (Lipinski definition) is 0. The predicted molar refractivity (Wildman–Crippen MR) is 85.1 cm³/mol. The molecule has 0 aromatic heterocycles. The largest absolute Gasteiger partial charge is 2.00 e. The van der Waals surface area contributed by atoms with Crippen LogP contribution in [0.4, 0.5) is 0 Å². The van der Waals surface area contributed by atoms with Gasteiger partial charge in [-0.05, 0) is 11.1 Å². The van der Waals surface area contributed by atoms with Crippen LogP contribution < -0.4 is 0 Å². The second-order valence-electron chi connectivity index (χ2n) is 4.93. The third-order valence-electron chi connectivity index (χ3n) is 3.60. The van der Waals surface area contributed by atoms with Crippen LogP contribution in [-0.2, 0) is 19.5 Å². The molecule has 21 heavy (non-hydrogen) atoms. The molecule has 100 valence electrons. The van der Waals surface area contributed by atoms with Crippen molar-refractivity contribution in [1.82, 2.24) is 0 Å². The van der Waals surface area contributed by atoms with Gasteiger partial charge in [-0.25, -0.2) is 0 Å². The van der Waals surface area contributed by atoms with Crippen LogP contribution >= 0.6 is 0 Å². The van der Waals surface area contributed by atoms with Crippen molar-refractivity contribution in [3.63, 3.8) is 0 Å². The Morgan fingerprint density at radius 3 is 1.38 bits per heavy atom.